The van der Waals surface area contributed by atoms with E-state index in [0.717, 1.165) is 13.1 Å². The molecule has 4 nitrogen and oxygen atoms in total. The first-order valence-corrected chi connectivity index (χ1v) is 9.63. The fraction of sp³-hybridized carbons (Fsp3) is 0.571. The fourth-order valence-corrected chi connectivity index (χ4v) is 4.75. The van der Waals surface area contributed by atoms with E-state index in [4.69, 9.17) is 4.74 Å². The van der Waals surface area contributed by atoms with E-state index in [1.807, 2.05) is 12.3 Å². The van der Waals surface area contributed by atoms with Crippen LogP contribution >= 0.6 is 0 Å². The first kappa shape index (κ1) is 16.8. The summed E-state index contributed by atoms with van der Waals surface area (Å²) in [5.74, 6) is 0.594. The molecule has 4 rings (SSSR count). The summed E-state index contributed by atoms with van der Waals surface area (Å²) in [6, 6.07) is 9.88. The van der Waals surface area contributed by atoms with Crippen LogP contribution in [0.5, 0.6) is 0 Å². The predicted octanol–water partition coefficient (Wildman–Crippen LogP) is 3.87. The van der Waals surface area contributed by atoms with Crippen LogP contribution in [0.15, 0.2) is 43.1 Å². The zero-order valence-electron chi connectivity index (χ0n) is 15.2. The summed E-state index contributed by atoms with van der Waals surface area (Å²) in [4.78, 5) is 2.75. The molecule has 1 aromatic heterocycles. The van der Waals surface area contributed by atoms with E-state index >= 15 is 0 Å². The summed E-state index contributed by atoms with van der Waals surface area (Å²) >= 11 is 0. The van der Waals surface area contributed by atoms with Crippen LogP contribution in [0.2, 0.25) is 0 Å². The Balaban J connectivity index is 1.37. The van der Waals surface area contributed by atoms with Crippen molar-refractivity contribution >= 4 is 10.9 Å². The van der Waals surface area contributed by atoms with Gasteiger partial charge in [-0.05, 0) is 37.7 Å². The average molecular weight is 339 g/mol. The minimum absolute atomic E-state index is 0.428. The van der Waals surface area contributed by atoms with Crippen LogP contribution in [0.25, 0.3) is 10.9 Å². The van der Waals surface area contributed by atoms with Crippen molar-refractivity contribution < 1.29 is 4.74 Å². The molecular weight excluding hydrogens is 310 g/mol. The molecule has 0 radical (unpaired) electrons. The molecule has 0 aliphatic carbocycles. The number of hydrogen-bond acceptors (Lipinski definition) is 3. The third kappa shape index (κ3) is 3.51. The van der Waals surface area contributed by atoms with Crippen LogP contribution in [-0.2, 0) is 11.3 Å². The van der Waals surface area contributed by atoms with Crippen molar-refractivity contribution in [1.29, 1.82) is 0 Å². The largest absolute Gasteiger partial charge is 0.374 e. The minimum Gasteiger partial charge on any atom is -0.374 e. The molecule has 2 bridgehead atoms. The molecule has 0 spiro atoms. The number of rotatable bonds is 7. The van der Waals surface area contributed by atoms with Crippen LogP contribution in [0.4, 0.5) is 0 Å². The van der Waals surface area contributed by atoms with E-state index < -0.39 is 0 Å². The second-order valence-corrected chi connectivity index (χ2v) is 7.79. The summed E-state index contributed by atoms with van der Waals surface area (Å²) in [6.07, 6.45) is 9.30. The second-order valence-electron chi connectivity index (χ2n) is 7.79. The zero-order valence-corrected chi connectivity index (χ0v) is 15.2. The lowest BCUT2D eigenvalue weighted by molar-refractivity contribution is -0.0134. The van der Waals surface area contributed by atoms with Crippen LogP contribution in [0.3, 0.4) is 0 Å². The summed E-state index contributed by atoms with van der Waals surface area (Å²) in [5.41, 5.74) is 1.24. The lowest BCUT2D eigenvalue weighted by Crippen LogP contribution is -2.47. The molecule has 3 atom stereocenters. The first-order valence-electron chi connectivity index (χ1n) is 9.63. The van der Waals surface area contributed by atoms with E-state index in [2.05, 4.69) is 52.4 Å². The average Bonchev–Trinajstić information content (AvgIpc) is 3.11. The molecule has 0 saturated carbocycles. The van der Waals surface area contributed by atoms with Crippen LogP contribution < -0.4 is 0 Å². The minimum atomic E-state index is 0.428. The van der Waals surface area contributed by atoms with Gasteiger partial charge in [0.1, 0.15) is 0 Å². The highest BCUT2D eigenvalue weighted by Gasteiger charge is 2.41. The van der Waals surface area contributed by atoms with Gasteiger partial charge in [-0.25, -0.2) is 0 Å². The van der Waals surface area contributed by atoms with E-state index in [9.17, 15) is 0 Å². The van der Waals surface area contributed by atoms with Gasteiger partial charge in [0.05, 0.1) is 24.4 Å². The molecule has 3 unspecified atom stereocenters. The van der Waals surface area contributed by atoms with Crippen molar-refractivity contribution in [1.82, 2.24) is 14.7 Å². The van der Waals surface area contributed by atoms with Crippen molar-refractivity contribution in [3.63, 3.8) is 0 Å². The molecule has 0 amide bonds. The van der Waals surface area contributed by atoms with E-state index in [1.165, 1.54) is 36.6 Å². The van der Waals surface area contributed by atoms with Crippen molar-refractivity contribution in [3.05, 3.63) is 43.1 Å². The van der Waals surface area contributed by atoms with Crippen molar-refractivity contribution in [2.45, 2.75) is 57.3 Å². The van der Waals surface area contributed by atoms with Crippen molar-refractivity contribution in [3.8, 4) is 0 Å². The second kappa shape index (κ2) is 7.30. The van der Waals surface area contributed by atoms with E-state index in [1.54, 1.807) is 0 Å². The number of piperidine rings is 1. The molecule has 2 saturated heterocycles. The molecule has 2 aromatic rings. The standard InChI is InChI=1S/C21H29N3O/c1-3-10-25-20-11-18-8-9-19(12-20)23(18)14-16(2)15-24-21-7-5-4-6-17(21)13-22-24/h3-7,13,16,18-20H,1,8-12,14-15H2,2H3. The molecular formula is C21H29N3O. The van der Waals surface area contributed by atoms with Crippen LogP contribution in [0.1, 0.15) is 32.6 Å². The number of hydrogen-bond donors (Lipinski definition) is 0. The van der Waals surface area contributed by atoms with Gasteiger partial charge in [-0.3, -0.25) is 9.58 Å². The lowest BCUT2D eigenvalue weighted by atomic mass is 9.98. The molecule has 2 aliphatic rings. The van der Waals surface area contributed by atoms with Gasteiger partial charge in [-0.15, -0.1) is 6.58 Å². The topological polar surface area (TPSA) is 30.3 Å². The highest BCUT2D eigenvalue weighted by molar-refractivity contribution is 5.78. The van der Waals surface area contributed by atoms with Gasteiger partial charge in [0.25, 0.3) is 0 Å². The lowest BCUT2D eigenvalue weighted by Gasteiger charge is -2.40. The Morgan fingerprint density at radius 3 is 2.76 bits per heavy atom. The summed E-state index contributed by atoms with van der Waals surface area (Å²) in [6.45, 7) is 8.96. The monoisotopic (exact) mass is 339 g/mol. The number of aromatic nitrogens is 2. The zero-order chi connectivity index (χ0) is 17.2. The van der Waals surface area contributed by atoms with Gasteiger partial charge in [0.2, 0.25) is 0 Å². The molecule has 4 heteroatoms. The Labute approximate surface area is 150 Å². The van der Waals surface area contributed by atoms with Gasteiger partial charge >= 0.3 is 0 Å². The predicted molar refractivity (Wildman–Crippen MR) is 102 cm³/mol. The Hall–Kier alpha value is -1.65. The van der Waals surface area contributed by atoms with E-state index in [-0.39, 0.29) is 0 Å². The Morgan fingerprint density at radius 2 is 2.00 bits per heavy atom. The molecule has 2 aliphatic heterocycles. The number of ether oxygens (including phenoxy) is 1. The van der Waals surface area contributed by atoms with Gasteiger partial charge in [0.15, 0.2) is 0 Å². The van der Waals surface area contributed by atoms with Gasteiger partial charge in [-0.2, -0.15) is 5.10 Å². The molecule has 0 N–H and O–H groups in total. The SMILES string of the molecule is C=CCOC1CC2CCC(C1)N2CC(C)Cn1ncc2ccccc21. The van der Waals surface area contributed by atoms with Gasteiger partial charge < -0.3 is 4.74 Å². The Morgan fingerprint density at radius 1 is 1.24 bits per heavy atom. The highest BCUT2D eigenvalue weighted by atomic mass is 16.5. The van der Waals surface area contributed by atoms with Crippen LogP contribution in [-0.4, -0.2) is 46.0 Å². The number of nitrogens with zero attached hydrogens (tertiary/aromatic N) is 3. The quantitative estimate of drug-likeness (QED) is 0.717. The summed E-state index contributed by atoms with van der Waals surface area (Å²) < 4.78 is 8.11. The summed E-state index contributed by atoms with van der Waals surface area (Å²) in [7, 11) is 0. The molecule has 1 aromatic carbocycles. The number of para-hydroxylation sites is 1. The number of benzene rings is 1. The van der Waals surface area contributed by atoms with Crippen molar-refractivity contribution in [2.24, 2.45) is 5.92 Å². The van der Waals surface area contributed by atoms with Gasteiger partial charge in [-0.1, -0.05) is 31.2 Å². The number of fused-ring (bicyclic) bond motifs is 3. The third-order valence-corrected chi connectivity index (χ3v) is 5.85. The molecule has 2 fully saturated rings. The maximum Gasteiger partial charge on any atom is 0.0682 e. The fourth-order valence-electron chi connectivity index (χ4n) is 4.75. The maximum atomic E-state index is 5.94. The Kier molecular flexibility index (Phi) is 4.91. The van der Waals surface area contributed by atoms with Crippen LogP contribution in [0, 0.1) is 5.92 Å². The molecule has 25 heavy (non-hydrogen) atoms. The molecule has 134 valence electrons. The Bertz CT molecular complexity index is 711. The van der Waals surface area contributed by atoms with E-state index in [0.29, 0.717) is 30.7 Å². The van der Waals surface area contributed by atoms with Crippen molar-refractivity contribution in [2.75, 3.05) is 13.2 Å². The first-order chi connectivity index (χ1) is 12.2. The smallest absolute Gasteiger partial charge is 0.0682 e. The maximum absolute atomic E-state index is 5.94. The van der Waals surface area contributed by atoms with Gasteiger partial charge in [0, 0.05) is 30.6 Å². The normalized spacial score (nSPS) is 27.6. The molecule has 3 heterocycles. The summed E-state index contributed by atoms with van der Waals surface area (Å²) in [5, 5.41) is 5.83. The highest BCUT2D eigenvalue weighted by Crippen LogP contribution is 2.37. The third-order valence-electron chi connectivity index (χ3n) is 5.85.